The Morgan fingerprint density at radius 3 is 2.74 bits per heavy atom. The predicted molar refractivity (Wildman–Crippen MR) is 78.4 cm³/mol. The van der Waals surface area contributed by atoms with Gasteiger partial charge in [0.2, 0.25) is 0 Å². The highest BCUT2D eigenvalue weighted by atomic mass is 35.5. The van der Waals surface area contributed by atoms with Crippen LogP contribution in [0.25, 0.3) is 0 Å². The van der Waals surface area contributed by atoms with Crippen LogP contribution >= 0.6 is 11.6 Å². The van der Waals surface area contributed by atoms with Crippen molar-refractivity contribution in [2.24, 2.45) is 5.41 Å². The molecule has 0 saturated carbocycles. The molecule has 0 aromatic heterocycles. The molecule has 104 valence electrons. The van der Waals surface area contributed by atoms with Gasteiger partial charge in [-0.1, -0.05) is 11.6 Å². The summed E-state index contributed by atoms with van der Waals surface area (Å²) in [7, 11) is 1.90. The van der Waals surface area contributed by atoms with E-state index in [1.54, 1.807) is 0 Å². The summed E-state index contributed by atoms with van der Waals surface area (Å²) in [5.41, 5.74) is 0.672. The van der Waals surface area contributed by atoms with Crippen molar-refractivity contribution in [1.82, 2.24) is 5.32 Å². The monoisotopic (exact) mass is 280 g/mol. The van der Waals surface area contributed by atoms with E-state index < -0.39 is 0 Å². The van der Waals surface area contributed by atoms with Crippen molar-refractivity contribution in [3.63, 3.8) is 0 Å². The van der Waals surface area contributed by atoms with Gasteiger partial charge >= 0.3 is 0 Å². The van der Waals surface area contributed by atoms with Gasteiger partial charge in [-0.2, -0.15) is 5.26 Å². The van der Waals surface area contributed by atoms with E-state index in [0.29, 0.717) is 18.1 Å². The predicted octanol–water partition coefficient (Wildman–Crippen LogP) is 3.94. The molecule has 3 nitrogen and oxygen atoms in total. The third-order valence-electron chi connectivity index (χ3n) is 3.16. The lowest BCUT2D eigenvalue weighted by molar-refractivity contribution is 0.261. The summed E-state index contributed by atoms with van der Waals surface area (Å²) in [6.07, 6.45) is 0.694. The second-order valence-corrected chi connectivity index (χ2v) is 5.72. The molecule has 19 heavy (non-hydrogen) atoms. The second kappa shape index (κ2) is 6.79. The van der Waals surface area contributed by atoms with Crippen LogP contribution in [0.3, 0.4) is 0 Å². The lowest BCUT2D eigenvalue weighted by Gasteiger charge is -2.19. The van der Waals surface area contributed by atoms with Crippen molar-refractivity contribution in [3.8, 4) is 11.8 Å². The third-order valence-corrected chi connectivity index (χ3v) is 3.39. The minimum absolute atomic E-state index is 0.165. The third kappa shape index (κ3) is 4.74. The van der Waals surface area contributed by atoms with E-state index in [2.05, 4.69) is 18.3 Å². The summed E-state index contributed by atoms with van der Waals surface area (Å²) < 4.78 is 5.80. The Bertz CT molecular complexity index is 466. The SMILES string of the molecule is CNC(C)c1cc(Cl)ccc1OCCC(C)(C)C#N. The van der Waals surface area contributed by atoms with Crippen molar-refractivity contribution in [2.75, 3.05) is 13.7 Å². The highest BCUT2D eigenvalue weighted by Gasteiger charge is 2.17. The fraction of sp³-hybridized carbons (Fsp3) is 0.533. The largest absolute Gasteiger partial charge is 0.493 e. The van der Waals surface area contributed by atoms with E-state index in [9.17, 15) is 0 Å². The first-order valence-corrected chi connectivity index (χ1v) is 6.78. The molecule has 0 spiro atoms. The molecule has 1 aromatic rings. The lowest BCUT2D eigenvalue weighted by Crippen LogP contribution is -2.16. The van der Waals surface area contributed by atoms with Crippen LogP contribution in [0.5, 0.6) is 5.75 Å². The Hall–Kier alpha value is -1.24. The molecule has 0 aliphatic carbocycles. The van der Waals surface area contributed by atoms with Crippen molar-refractivity contribution in [3.05, 3.63) is 28.8 Å². The zero-order valence-electron chi connectivity index (χ0n) is 12.0. The number of nitrogens with one attached hydrogen (secondary N) is 1. The van der Waals surface area contributed by atoms with E-state index in [4.69, 9.17) is 21.6 Å². The Labute approximate surface area is 120 Å². The Morgan fingerprint density at radius 1 is 1.47 bits per heavy atom. The van der Waals surface area contributed by atoms with Gasteiger partial charge in [0.15, 0.2) is 0 Å². The molecule has 1 atom stereocenters. The van der Waals surface area contributed by atoms with Crippen LogP contribution in [0.4, 0.5) is 0 Å². The van der Waals surface area contributed by atoms with Crippen molar-refractivity contribution in [2.45, 2.75) is 33.2 Å². The molecule has 0 fully saturated rings. The number of ether oxygens (including phenoxy) is 1. The summed E-state index contributed by atoms with van der Waals surface area (Å²) in [5, 5.41) is 12.8. The summed E-state index contributed by atoms with van der Waals surface area (Å²) in [4.78, 5) is 0. The van der Waals surface area contributed by atoms with Crippen LogP contribution < -0.4 is 10.1 Å². The van der Waals surface area contributed by atoms with E-state index in [-0.39, 0.29) is 11.5 Å². The Balaban J connectivity index is 2.76. The first-order valence-electron chi connectivity index (χ1n) is 6.40. The van der Waals surface area contributed by atoms with Crippen molar-refractivity contribution < 1.29 is 4.74 Å². The smallest absolute Gasteiger partial charge is 0.124 e. The van der Waals surface area contributed by atoms with E-state index in [0.717, 1.165) is 11.3 Å². The van der Waals surface area contributed by atoms with Crippen molar-refractivity contribution >= 4 is 11.6 Å². The molecule has 0 bridgehead atoms. The first kappa shape index (κ1) is 15.8. The van der Waals surface area contributed by atoms with Gasteiger partial charge in [-0.3, -0.25) is 0 Å². The zero-order chi connectivity index (χ0) is 14.5. The van der Waals surface area contributed by atoms with Crippen molar-refractivity contribution in [1.29, 1.82) is 5.26 Å². The van der Waals surface area contributed by atoms with Gasteiger partial charge in [0, 0.05) is 16.6 Å². The number of nitriles is 1. The van der Waals surface area contributed by atoms with Crippen LogP contribution in [0.15, 0.2) is 18.2 Å². The van der Waals surface area contributed by atoms with Gasteiger partial charge in [-0.05, 0) is 52.4 Å². The van der Waals surface area contributed by atoms with Gasteiger partial charge in [0.25, 0.3) is 0 Å². The number of hydrogen-bond donors (Lipinski definition) is 1. The van der Waals surface area contributed by atoms with Crippen LogP contribution in [0.2, 0.25) is 5.02 Å². The standard InChI is InChI=1S/C15H21ClN2O/c1-11(18-4)13-9-12(16)5-6-14(13)19-8-7-15(2,3)10-17/h5-6,9,11,18H,7-8H2,1-4H3. The number of rotatable bonds is 6. The lowest BCUT2D eigenvalue weighted by atomic mass is 9.92. The van der Waals surface area contributed by atoms with E-state index >= 15 is 0 Å². The molecule has 0 aliphatic rings. The Morgan fingerprint density at radius 2 is 2.16 bits per heavy atom. The van der Waals surface area contributed by atoms with E-state index in [1.807, 2.05) is 39.1 Å². The minimum atomic E-state index is -0.360. The maximum absolute atomic E-state index is 8.98. The molecule has 1 aromatic carbocycles. The Kier molecular flexibility index (Phi) is 5.65. The fourth-order valence-corrected chi connectivity index (χ4v) is 1.80. The maximum Gasteiger partial charge on any atom is 0.124 e. The topological polar surface area (TPSA) is 45.0 Å². The molecule has 1 rings (SSSR count). The first-order chi connectivity index (χ1) is 8.89. The molecule has 0 amide bonds. The summed E-state index contributed by atoms with van der Waals surface area (Å²) in [6, 6.07) is 8.04. The molecule has 0 aliphatic heterocycles. The van der Waals surface area contributed by atoms with Crippen LogP contribution in [-0.2, 0) is 0 Å². The summed E-state index contributed by atoms with van der Waals surface area (Å²) >= 11 is 6.02. The molecule has 1 N–H and O–H groups in total. The van der Waals surface area contributed by atoms with Gasteiger partial charge in [0.1, 0.15) is 5.75 Å². The molecule has 0 saturated heterocycles. The second-order valence-electron chi connectivity index (χ2n) is 5.29. The fourth-order valence-electron chi connectivity index (χ4n) is 1.62. The van der Waals surface area contributed by atoms with Gasteiger partial charge in [0.05, 0.1) is 18.1 Å². The number of nitrogens with zero attached hydrogens (tertiary/aromatic N) is 1. The molecule has 4 heteroatoms. The highest BCUT2D eigenvalue weighted by Crippen LogP contribution is 2.29. The summed E-state index contributed by atoms with van der Waals surface area (Å²) in [5.74, 6) is 0.819. The minimum Gasteiger partial charge on any atom is -0.493 e. The van der Waals surface area contributed by atoms with Crippen LogP contribution in [0, 0.1) is 16.7 Å². The number of hydrogen-bond acceptors (Lipinski definition) is 3. The number of benzene rings is 1. The molecular weight excluding hydrogens is 260 g/mol. The van der Waals surface area contributed by atoms with Crippen LogP contribution in [0.1, 0.15) is 38.8 Å². The molecule has 1 unspecified atom stereocenters. The maximum atomic E-state index is 8.98. The quantitative estimate of drug-likeness (QED) is 0.858. The average molecular weight is 281 g/mol. The zero-order valence-corrected chi connectivity index (χ0v) is 12.7. The highest BCUT2D eigenvalue weighted by molar-refractivity contribution is 6.30. The molecule has 0 heterocycles. The van der Waals surface area contributed by atoms with Gasteiger partial charge < -0.3 is 10.1 Å². The van der Waals surface area contributed by atoms with Gasteiger partial charge in [-0.15, -0.1) is 0 Å². The average Bonchev–Trinajstić information content (AvgIpc) is 2.39. The number of halogens is 1. The molecule has 0 radical (unpaired) electrons. The normalized spacial score (nSPS) is 12.8. The van der Waals surface area contributed by atoms with Gasteiger partial charge in [-0.25, -0.2) is 0 Å². The molecular formula is C15H21ClN2O. The summed E-state index contributed by atoms with van der Waals surface area (Å²) in [6.45, 7) is 6.40. The van der Waals surface area contributed by atoms with Crippen LogP contribution in [-0.4, -0.2) is 13.7 Å². The van der Waals surface area contributed by atoms with E-state index in [1.165, 1.54) is 0 Å².